The predicted octanol–water partition coefficient (Wildman–Crippen LogP) is 4.62. The Labute approximate surface area is 234 Å². The Morgan fingerprint density at radius 2 is 1.93 bits per heavy atom. The summed E-state index contributed by atoms with van der Waals surface area (Å²) in [4.78, 5) is 30.4. The van der Waals surface area contributed by atoms with Crippen molar-refractivity contribution in [1.82, 2.24) is 30.1 Å². The maximum absolute atomic E-state index is 13.9. The summed E-state index contributed by atoms with van der Waals surface area (Å²) < 4.78 is 105. The summed E-state index contributed by atoms with van der Waals surface area (Å²) in [5, 5.41) is 8.75. The fourth-order valence-electron chi connectivity index (χ4n) is 5.40. The zero-order valence-electron chi connectivity index (χ0n) is 22.3. The molecular formula is C25H29F7N6O4. The van der Waals surface area contributed by atoms with Crippen LogP contribution in [0.4, 0.5) is 40.3 Å². The van der Waals surface area contributed by atoms with Crippen LogP contribution in [0.5, 0.6) is 0 Å². The van der Waals surface area contributed by atoms with Gasteiger partial charge in [-0.05, 0) is 24.8 Å². The molecule has 0 aromatic carbocycles. The van der Waals surface area contributed by atoms with Crippen LogP contribution in [0, 0.1) is 11.8 Å². The van der Waals surface area contributed by atoms with E-state index in [1.165, 1.54) is 30.1 Å². The maximum atomic E-state index is 13.9. The fraction of sp³-hybridized carbons (Fsp3) is 0.680. The van der Waals surface area contributed by atoms with Crippen LogP contribution in [0.2, 0.25) is 0 Å². The second-order valence-electron chi connectivity index (χ2n) is 11.0. The first-order valence-electron chi connectivity index (χ1n) is 13.3. The Morgan fingerprint density at radius 1 is 1.24 bits per heavy atom. The van der Waals surface area contributed by atoms with E-state index < -0.39 is 86.1 Å². The molecule has 2 aromatic rings. The van der Waals surface area contributed by atoms with E-state index >= 15 is 0 Å². The van der Waals surface area contributed by atoms with Crippen molar-refractivity contribution in [2.24, 2.45) is 11.8 Å². The molecule has 1 saturated heterocycles. The molecule has 2 aromatic heterocycles. The highest BCUT2D eigenvalue weighted by molar-refractivity contribution is 5.77. The van der Waals surface area contributed by atoms with Gasteiger partial charge in [0, 0.05) is 31.9 Å². The Balaban J connectivity index is 1.38. The van der Waals surface area contributed by atoms with E-state index in [4.69, 9.17) is 9.47 Å². The molecule has 2 saturated carbocycles. The first-order valence-corrected chi connectivity index (χ1v) is 13.3. The topological polar surface area (TPSA) is 110 Å². The average Bonchev–Trinajstić information content (AvgIpc) is 3.20. The molecule has 232 valence electrons. The minimum atomic E-state index is -4.64. The number of carbonyl (C=O) groups excluding carboxylic acids is 2. The van der Waals surface area contributed by atoms with Gasteiger partial charge in [-0.25, -0.2) is 36.7 Å². The molecule has 3 heterocycles. The van der Waals surface area contributed by atoms with E-state index in [9.17, 15) is 40.3 Å². The van der Waals surface area contributed by atoms with Gasteiger partial charge in [-0.3, -0.25) is 0 Å². The van der Waals surface area contributed by atoms with Crippen molar-refractivity contribution in [1.29, 1.82) is 0 Å². The monoisotopic (exact) mass is 610 g/mol. The summed E-state index contributed by atoms with van der Waals surface area (Å²) in [6, 6.07) is -3.34. The number of aromatic nitrogens is 3. The number of hydrogen-bond acceptors (Lipinski definition) is 6. The SMILES string of the molecule is COC[C@H](c1cnn2cc([C@@H](NC(=O)OC[C@@H]3CC3(F)F)C3CCC(F)(F)CC3)nc2c1)N1C[C@@H](C(F)(F)F)NC1=O. The summed E-state index contributed by atoms with van der Waals surface area (Å²) in [5.74, 6) is -7.28. The van der Waals surface area contributed by atoms with Gasteiger partial charge in [0.15, 0.2) is 5.65 Å². The highest BCUT2D eigenvalue weighted by atomic mass is 19.4. The van der Waals surface area contributed by atoms with Crippen molar-refractivity contribution < 1.29 is 49.8 Å². The Hall–Kier alpha value is -3.37. The molecule has 42 heavy (non-hydrogen) atoms. The van der Waals surface area contributed by atoms with Gasteiger partial charge in [0.1, 0.15) is 12.6 Å². The van der Waals surface area contributed by atoms with Crippen molar-refractivity contribution in [2.45, 2.75) is 68.3 Å². The van der Waals surface area contributed by atoms with E-state index in [0.717, 1.165) is 4.90 Å². The Bertz CT molecular complexity index is 1310. The standard InChI is InChI=1S/C25H29F7N6O4/c1-41-12-17(37-10-18(25(30,31)32)35-21(37)39)14-6-19-34-16(9-38(19)33-8-14)20(13-2-4-23(26,27)5-3-13)36-22(40)42-11-15-7-24(15,28)29/h6,8-9,13,15,17-18,20H,2-5,7,10-12H2,1H3,(H,35,39)(H,36,40)/t15-,17+,18-,20-/m0/s1. The number of imidazole rings is 1. The number of nitrogens with one attached hydrogen (secondary N) is 2. The second-order valence-corrected chi connectivity index (χ2v) is 11.0. The van der Waals surface area contributed by atoms with Crippen LogP contribution in [0.15, 0.2) is 18.5 Å². The third kappa shape index (κ3) is 6.49. The third-order valence-electron chi connectivity index (χ3n) is 7.97. The van der Waals surface area contributed by atoms with Crippen LogP contribution in [0.1, 0.15) is 55.4 Å². The number of alkyl halides is 7. The van der Waals surface area contributed by atoms with Crippen LogP contribution in [0.3, 0.4) is 0 Å². The molecule has 2 aliphatic carbocycles. The van der Waals surface area contributed by atoms with Crippen molar-refractivity contribution in [3.05, 3.63) is 29.7 Å². The van der Waals surface area contributed by atoms with Crippen molar-refractivity contribution in [3.63, 3.8) is 0 Å². The quantitative estimate of drug-likeness (QED) is 0.401. The summed E-state index contributed by atoms with van der Waals surface area (Å²) in [6.45, 7) is -1.28. The Kier molecular flexibility index (Phi) is 7.91. The van der Waals surface area contributed by atoms with Crippen LogP contribution < -0.4 is 10.6 Å². The number of amides is 3. The van der Waals surface area contributed by atoms with Crippen molar-refractivity contribution in [3.8, 4) is 0 Å². The molecule has 3 aliphatic rings. The number of alkyl carbamates (subject to hydrolysis) is 1. The lowest BCUT2D eigenvalue weighted by atomic mass is 9.81. The molecule has 10 nitrogen and oxygen atoms in total. The average molecular weight is 611 g/mol. The zero-order chi connectivity index (χ0) is 30.4. The van der Waals surface area contributed by atoms with E-state index in [1.807, 2.05) is 5.32 Å². The van der Waals surface area contributed by atoms with Crippen molar-refractivity contribution in [2.75, 3.05) is 26.9 Å². The first-order chi connectivity index (χ1) is 19.7. The molecule has 5 rings (SSSR count). The summed E-state index contributed by atoms with van der Waals surface area (Å²) in [6.07, 6.45) is -3.96. The lowest BCUT2D eigenvalue weighted by molar-refractivity contribution is -0.150. The summed E-state index contributed by atoms with van der Waals surface area (Å²) in [7, 11) is 1.33. The molecule has 4 atom stereocenters. The van der Waals surface area contributed by atoms with Gasteiger partial charge in [-0.15, -0.1) is 0 Å². The van der Waals surface area contributed by atoms with Gasteiger partial charge in [0.2, 0.25) is 5.92 Å². The molecular weight excluding hydrogens is 581 g/mol. The van der Waals surface area contributed by atoms with E-state index in [-0.39, 0.29) is 37.2 Å². The second kappa shape index (κ2) is 11.0. The third-order valence-corrected chi connectivity index (χ3v) is 7.97. The molecule has 1 aliphatic heterocycles. The normalized spacial score (nSPS) is 25.2. The van der Waals surface area contributed by atoms with Crippen LogP contribution in [0.25, 0.3) is 5.65 Å². The smallest absolute Gasteiger partial charge is 0.410 e. The number of fused-ring (bicyclic) bond motifs is 1. The molecule has 0 radical (unpaired) electrons. The molecule has 17 heteroatoms. The number of nitrogens with zero attached hydrogens (tertiary/aromatic N) is 4. The minimum Gasteiger partial charge on any atom is -0.449 e. The highest BCUT2D eigenvalue weighted by Gasteiger charge is 2.57. The van der Waals surface area contributed by atoms with Gasteiger partial charge in [0.25, 0.3) is 5.92 Å². The van der Waals surface area contributed by atoms with Crippen LogP contribution >= 0.6 is 0 Å². The molecule has 0 bridgehead atoms. The van der Waals surface area contributed by atoms with Crippen LogP contribution in [-0.4, -0.2) is 82.6 Å². The molecule has 3 amide bonds. The van der Waals surface area contributed by atoms with Crippen LogP contribution in [-0.2, 0) is 9.47 Å². The number of carbonyl (C=O) groups is 2. The Morgan fingerprint density at radius 3 is 2.52 bits per heavy atom. The number of rotatable bonds is 9. The largest absolute Gasteiger partial charge is 0.449 e. The van der Waals surface area contributed by atoms with Gasteiger partial charge >= 0.3 is 18.3 Å². The number of hydrogen-bond donors (Lipinski definition) is 2. The van der Waals surface area contributed by atoms with E-state index in [1.54, 1.807) is 0 Å². The molecule has 0 unspecified atom stereocenters. The van der Waals surface area contributed by atoms with Gasteiger partial charge in [0.05, 0.1) is 49.2 Å². The number of ether oxygens (including phenoxy) is 2. The molecule has 0 spiro atoms. The predicted molar refractivity (Wildman–Crippen MR) is 130 cm³/mol. The summed E-state index contributed by atoms with van der Waals surface area (Å²) in [5.41, 5.74) is 0.767. The summed E-state index contributed by atoms with van der Waals surface area (Å²) >= 11 is 0. The highest BCUT2D eigenvalue weighted by Crippen LogP contribution is 2.48. The number of methoxy groups -OCH3 is 1. The van der Waals surface area contributed by atoms with Gasteiger partial charge in [-0.1, -0.05) is 0 Å². The minimum absolute atomic E-state index is 0.0472. The van der Waals surface area contributed by atoms with Gasteiger partial charge in [-0.2, -0.15) is 18.3 Å². The van der Waals surface area contributed by atoms with Crippen molar-refractivity contribution >= 4 is 17.8 Å². The zero-order valence-corrected chi connectivity index (χ0v) is 22.3. The number of halogens is 7. The fourth-order valence-corrected chi connectivity index (χ4v) is 5.40. The van der Waals surface area contributed by atoms with E-state index in [0.29, 0.717) is 5.56 Å². The molecule has 3 fully saturated rings. The first kappa shape index (κ1) is 30.1. The lowest BCUT2D eigenvalue weighted by Crippen LogP contribution is -2.40. The lowest BCUT2D eigenvalue weighted by Gasteiger charge is -2.33. The van der Waals surface area contributed by atoms with E-state index in [2.05, 4.69) is 15.4 Å². The maximum Gasteiger partial charge on any atom is 0.410 e. The van der Waals surface area contributed by atoms with Gasteiger partial charge < -0.3 is 25.0 Å². The molecule has 2 N–H and O–H groups in total. The number of urea groups is 1.